The van der Waals surface area contributed by atoms with E-state index >= 15 is 0 Å². The molecule has 0 atom stereocenters. The van der Waals surface area contributed by atoms with E-state index in [-0.39, 0.29) is 5.41 Å². The Hall–Kier alpha value is -3.92. The SMILES string of the molecule is CC(C)C(c1ccc(N)cc1)(c1ccc(N)cc1)C(C)C.Cc1ccc(Oc2ccc(N)cc2)cc1. The van der Waals surface area contributed by atoms with Crippen LogP contribution in [0.1, 0.15) is 44.4 Å². The molecule has 0 unspecified atom stereocenters. The quantitative estimate of drug-likeness (QED) is 0.245. The minimum atomic E-state index is -0.0403. The van der Waals surface area contributed by atoms with Crippen LogP contribution < -0.4 is 21.9 Å². The molecule has 0 saturated heterocycles. The van der Waals surface area contributed by atoms with Gasteiger partial charge in [-0.05, 0) is 90.6 Å². The van der Waals surface area contributed by atoms with Crippen LogP contribution in [0.5, 0.6) is 11.5 Å². The van der Waals surface area contributed by atoms with E-state index in [1.807, 2.05) is 79.7 Å². The number of aryl methyl sites for hydroxylation is 1. The van der Waals surface area contributed by atoms with E-state index in [0.29, 0.717) is 11.8 Å². The van der Waals surface area contributed by atoms with Gasteiger partial charge in [-0.25, -0.2) is 0 Å². The highest BCUT2D eigenvalue weighted by atomic mass is 16.5. The Morgan fingerprint density at radius 3 is 1.14 bits per heavy atom. The van der Waals surface area contributed by atoms with Gasteiger partial charge in [-0.15, -0.1) is 0 Å². The predicted octanol–water partition coefficient (Wildman–Crippen LogP) is 7.82. The van der Waals surface area contributed by atoms with Crippen molar-refractivity contribution in [3.63, 3.8) is 0 Å². The van der Waals surface area contributed by atoms with Crippen LogP contribution in [-0.2, 0) is 5.41 Å². The second kappa shape index (κ2) is 11.7. The summed E-state index contributed by atoms with van der Waals surface area (Å²) in [5.41, 5.74) is 23.5. The Morgan fingerprint density at radius 1 is 0.500 bits per heavy atom. The summed E-state index contributed by atoms with van der Waals surface area (Å²) in [5.74, 6) is 2.56. The molecule has 0 spiro atoms. The van der Waals surface area contributed by atoms with Gasteiger partial charge in [0.15, 0.2) is 0 Å². The van der Waals surface area contributed by atoms with Gasteiger partial charge < -0.3 is 21.9 Å². The highest BCUT2D eigenvalue weighted by Crippen LogP contribution is 2.45. The summed E-state index contributed by atoms with van der Waals surface area (Å²) >= 11 is 0. The van der Waals surface area contributed by atoms with Crippen molar-refractivity contribution in [3.05, 3.63) is 114 Å². The molecule has 0 bridgehead atoms. The molecule has 0 radical (unpaired) electrons. The molecule has 0 aromatic heterocycles. The molecule has 188 valence electrons. The van der Waals surface area contributed by atoms with Gasteiger partial charge >= 0.3 is 0 Å². The first-order valence-electron chi connectivity index (χ1n) is 12.4. The van der Waals surface area contributed by atoms with E-state index in [4.69, 9.17) is 21.9 Å². The fourth-order valence-electron chi connectivity index (χ4n) is 4.96. The van der Waals surface area contributed by atoms with Gasteiger partial charge in [-0.3, -0.25) is 0 Å². The molecule has 0 heterocycles. The van der Waals surface area contributed by atoms with Crippen molar-refractivity contribution in [3.8, 4) is 11.5 Å². The highest BCUT2D eigenvalue weighted by molar-refractivity contribution is 5.49. The van der Waals surface area contributed by atoms with Crippen LogP contribution in [0.15, 0.2) is 97.1 Å². The molecule has 0 saturated carbocycles. The van der Waals surface area contributed by atoms with Crippen LogP contribution in [0.3, 0.4) is 0 Å². The number of nitrogens with two attached hydrogens (primary N) is 3. The van der Waals surface area contributed by atoms with E-state index in [1.54, 1.807) is 0 Å². The Bertz CT molecular complexity index is 1110. The number of nitrogen functional groups attached to an aromatic ring is 3. The van der Waals surface area contributed by atoms with Crippen molar-refractivity contribution in [2.45, 2.75) is 40.0 Å². The number of hydrogen-bond acceptors (Lipinski definition) is 4. The standard InChI is InChI=1S/C19H26N2.C13H13NO/c1-13(2)19(14(3)4,15-5-9-17(20)10-6-15)16-7-11-18(21)12-8-16;1-10-2-6-12(7-3-10)15-13-8-4-11(14)5-9-13/h5-14H,20-21H2,1-4H3;2-9H,14H2,1H3. The summed E-state index contributed by atoms with van der Waals surface area (Å²) in [6, 6.07) is 31.9. The van der Waals surface area contributed by atoms with Gasteiger partial charge in [-0.2, -0.15) is 0 Å². The Morgan fingerprint density at radius 2 is 0.806 bits per heavy atom. The van der Waals surface area contributed by atoms with Gasteiger partial charge in [0.25, 0.3) is 0 Å². The summed E-state index contributed by atoms with van der Waals surface area (Å²) < 4.78 is 5.63. The number of anilines is 3. The third-order valence-corrected chi connectivity index (χ3v) is 6.73. The molecule has 4 nitrogen and oxygen atoms in total. The van der Waals surface area contributed by atoms with Crippen LogP contribution in [0.2, 0.25) is 0 Å². The largest absolute Gasteiger partial charge is 0.457 e. The summed E-state index contributed by atoms with van der Waals surface area (Å²) in [4.78, 5) is 0. The van der Waals surface area contributed by atoms with E-state index in [1.165, 1.54) is 16.7 Å². The first kappa shape index (κ1) is 26.7. The lowest BCUT2D eigenvalue weighted by atomic mass is 9.60. The smallest absolute Gasteiger partial charge is 0.127 e. The second-order valence-electron chi connectivity index (χ2n) is 9.91. The van der Waals surface area contributed by atoms with E-state index in [2.05, 4.69) is 52.0 Å². The zero-order valence-electron chi connectivity index (χ0n) is 22.0. The van der Waals surface area contributed by atoms with Crippen LogP contribution in [0.25, 0.3) is 0 Å². The maximum atomic E-state index is 5.86. The minimum absolute atomic E-state index is 0.0403. The number of rotatable bonds is 6. The first-order valence-corrected chi connectivity index (χ1v) is 12.4. The predicted molar refractivity (Wildman–Crippen MR) is 154 cm³/mol. The number of hydrogen-bond donors (Lipinski definition) is 3. The molecule has 0 aliphatic rings. The molecule has 4 aromatic carbocycles. The van der Waals surface area contributed by atoms with E-state index in [9.17, 15) is 0 Å². The second-order valence-corrected chi connectivity index (χ2v) is 9.91. The van der Waals surface area contributed by atoms with Crippen molar-refractivity contribution in [1.82, 2.24) is 0 Å². The van der Waals surface area contributed by atoms with Gasteiger partial charge in [0.2, 0.25) is 0 Å². The summed E-state index contributed by atoms with van der Waals surface area (Å²) in [6.45, 7) is 11.2. The Balaban J connectivity index is 0.000000212. The summed E-state index contributed by atoms with van der Waals surface area (Å²) in [6.07, 6.45) is 0. The lowest BCUT2D eigenvalue weighted by molar-refractivity contribution is 0.273. The monoisotopic (exact) mass is 481 g/mol. The normalized spacial score (nSPS) is 11.2. The molecule has 4 aromatic rings. The molecule has 0 aliphatic heterocycles. The summed E-state index contributed by atoms with van der Waals surface area (Å²) in [7, 11) is 0. The zero-order valence-corrected chi connectivity index (χ0v) is 22.0. The average Bonchev–Trinajstić information content (AvgIpc) is 2.85. The van der Waals surface area contributed by atoms with Gasteiger partial charge in [-0.1, -0.05) is 69.7 Å². The topological polar surface area (TPSA) is 87.3 Å². The average molecular weight is 482 g/mol. The fraction of sp³-hybridized carbons (Fsp3) is 0.250. The maximum Gasteiger partial charge on any atom is 0.127 e. The van der Waals surface area contributed by atoms with Crippen LogP contribution in [0.4, 0.5) is 17.1 Å². The van der Waals surface area contributed by atoms with Crippen molar-refractivity contribution in [2.75, 3.05) is 17.2 Å². The number of ether oxygens (including phenoxy) is 1. The summed E-state index contributed by atoms with van der Waals surface area (Å²) in [5, 5.41) is 0. The van der Waals surface area contributed by atoms with Crippen molar-refractivity contribution in [1.29, 1.82) is 0 Å². The van der Waals surface area contributed by atoms with E-state index < -0.39 is 0 Å². The maximum absolute atomic E-state index is 5.86. The third kappa shape index (κ3) is 6.19. The minimum Gasteiger partial charge on any atom is -0.457 e. The molecule has 36 heavy (non-hydrogen) atoms. The molecular weight excluding hydrogens is 442 g/mol. The fourth-order valence-corrected chi connectivity index (χ4v) is 4.96. The first-order chi connectivity index (χ1) is 17.1. The molecule has 4 heteroatoms. The molecule has 0 fully saturated rings. The van der Waals surface area contributed by atoms with Crippen LogP contribution in [0, 0.1) is 18.8 Å². The van der Waals surface area contributed by atoms with Crippen molar-refractivity contribution in [2.24, 2.45) is 11.8 Å². The Labute approximate surface area is 216 Å². The van der Waals surface area contributed by atoms with Crippen LogP contribution >= 0.6 is 0 Å². The molecular formula is C32H39N3O. The lowest BCUT2D eigenvalue weighted by Gasteiger charge is -2.43. The van der Waals surface area contributed by atoms with Crippen molar-refractivity contribution >= 4 is 17.1 Å². The lowest BCUT2D eigenvalue weighted by Crippen LogP contribution is -2.39. The van der Waals surface area contributed by atoms with Gasteiger partial charge in [0, 0.05) is 22.5 Å². The van der Waals surface area contributed by atoms with Crippen LogP contribution in [-0.4, -0.2) is 0 Å². The van der Waals surface area contributed by atoms with Crippen molar-refractivity contribution < 1.29 is 4.74 Å². The van der Waals surface area contributed by atoms with E-state index in [0.717, 1.165) is 28.6 Å². The molecule has 6 N–H and O–H groups in total. The molecule has 0 aliphatic carbocycles. The zero-order chi connectivity index (χ0) is 26.3. The Kier molecular flexibility index (Phi) is 8.65. The highest BCUT2D eigenvalue weighted by Gasteiger charge is 2.40. The van der Waals surface area contributed by atoms with Gasteiger partial charge in [0.05, 0.1) is 0 Å². The number of benzene rings is 4. The third-order valence-electron chi connectivity index (χ3n) is 6.73. The van der Waals surface area contributed by atoms with Gasteiger partial charge in [0.1, 0.15) is 11.5 Å². The molecule has 0 amide bonds. The molecule has 4 rings (SSSR count).